The quantitative estimate of drug-likeness (QED) is 0.743. The van der Waals surface area contributed by atoms with Crippen molar-refractivity contribution in [2.45, 2.75) is 32.4 Å². The van der Waals surface area contributed by atoms with Gasteiger partial charge >= 0.3 is 0 Å². The van der Waals surface area contributed by atoms with E-state index in [9.17, 15) is 10.2 Å². The number of hydrogen-bond donors (Lipinski definition) is 3. The van der Waals surface area contributed by atoms with Crippen LogP contribution < -0.4 is 5.73 Å². The number of nitrogens with two attached hydrogens (primary N) is 1. The molecular formula is C11H16ClNO2. The molecule has 0 saturated carbocycles. The van der Waals surface area contributed by atoms with E-state index in [0.717, 1.165) is 12.0 Å². The summed E-state index contributed by atoms with van der Waals surface area (Å²) in [6.45, 7) is 3.65. The zero-order chi connectivity index (χ0) is 11.6. The monoisotopic (exact) mass is 229 g/mol. The van der Waals surface area contributed by atoms with Crippen LogP contribution in [0.25, 0.3) is 0 Å². The molecule has 2 atom stereocenters. The third-order valence-electron chi connectivity index (χ3n) is 2.38. The van der Waals surface area contributed by atoms with E-state index in [1.54, 1.807) is 19.1 Å². The van der Waals surface area contributed by atoms with Crippen molar-refractivity contribution in [1.29, 1.82) is 0 Å². The van der Waals surface area contributed by atoms with E-state index >= 15 is 0 Å². The summed E-state index contributed by atoms with van der Waals surface area (Å²) in [5.41, 5.74) is 6.94. The Morgan fingerprint density at radius 3 is 2.53 bits per heavy atom. The molecule has 0 spiro atoms. The van der Waals surface area contributed by atoms with E-state index in [4.69, 9.17) is 17.3 Å². The van der Waals surface area contributed by atoms with Gasteiger partial charge in [0.25, 0.3) is 0 Å². The molecule has 2 unspecified atom stereocenters. The molecular weight excluding hydrogens is 214 g/mol. The Balaban J connectivity index is 3.21. The van der Waals surface area contributed by atoms with Crippen LogP contribution in [0, 0.1) is 0 Å². The van der Waals surface area contributed by atoms with E-state index in [1.807, 2.05) is 6.92 Å². The summed E-state index contributed by atoms with van der Waals surface area (Å²) in [4.78, 5) is 0. The molecule has 0 aromatic heterocycles. The summed E-state index contributed by atoms with van der Waals surface area (Å²) in [6.07, 6.45) is -0.104. The smallest absolute Gasteiger partial charge is 0.140 e. The van der Waals surface area contributed by atoms with Crippen molar-refractivity contribution in [2.75, 3.05) is 0 Å². The van der Waals surface area contributed by atoms with Gasteiger partial charge in [0, 0.05) is 11.6 Å². The standard InChI is InChI=1S/C11H16ClNO2/c1-3-7-4-8(10(14)6(2)13)11(15)9(12)5-7/h4-6,10,14-15H,3,13H2,1-2H3. The van der Waals surface area contributed by atoms with Crippen molar-refractivity contribution in [2.24, 2.45) is 5.73 Å². The molecule has 0 amide bonds. The van der Waals surface area contributed by atoms with Crippen LogP contribution in [0.3, 0.4) is 0 Å². The molecule has 0 bridgehead atoms. The highest BCUT2D eigenvalue weighted by molar-refractivity contribution is 6.32. The van der Waals surface area contributed by atoms with Gasteiger partial charge in [-0.25, -0.2) is 0 Å². The summed E-state index contributed by atoms with van der Waals surface area (Å²) in [6, 6.07) is 2.97. The number of aliphatic hydroxyl groups is 1. The molecule has 0 heterocycles. The summed E-state index contributed by atoms with van der Waals surface area (Å²) >= 11 is 5.84. The fraction of sp³-hybridized carbons (Fsp3) is 0.455. The van der Waals surface area contributed by atoms with Gasteiger partial charge in [0.05, 0.1) is 11.1 Å². The zero-order valence-electron chi connectivity index (χ0n) is 8.87. The Labute approximate surface area is 94.5 Å². The summed E-state index contributed by atoms with van der Waals surface area (Å²) in [5, 5.41) is 19.7. The van der Waals surface area contributed by atoms with Gasteiger partial charge in [0.15, 0.2) is 0 Å². The van der Waals surface area contributed by atoms with E-state index in [0.29, 0.717) is 5.56 Å². The van der Waals surface area contributed by atoms with Crippen LogP contribution in [0.15, 0.2) is 12.1 Å². The molecule has 0 fully saturated rings. The number of halogens is 1. The largest absolute Gasteiger partial charge is 0.506 e. The van der Waals surface area contributed by atoms with Gasteiger partial charge in [-0.3, -0.25) is 0 Å². The van der Waals surface area contributed by atoms with Crippen LogP contribution in [0.1, 0.15) is 31.1 Å². The number of benzene rings is 1. The average molecular weight is 230 g/mol. The maximum atomic E-state index is 9.78. The van der Waals surface area contributed by atoms with Gasteiger partial charge in [-0.1, -0.05) is 18.5 Å². The molecule has 1 aromatic carbocycles. The minimum Gasteiger partial charge on any atom is -0.506 e. The fourth-order valence-electron chi connectivity index (χ4n) is 1.39. The number of rotatable bonds is 3. The molecule has 0 aliphatic rings. The Kier molecular flexibility index (Phi) is 3.97. The number of aryl methyl sites for hydroxylation is 1. The topological polar surface area (TPSA) is 66.5 Å². The molecule has 3 nitrogen and oxygen atoms in total. The first kappa shape index (κ1) is 12.3. The SMILES string of the molecule is CCc1cc(Cl)c(O)c(C(O)C(C)N)c1. The van der Waals surface area contributed by atoms with Gasteiger partial charge in [0.2, 0.25) is 0 Å². The molecule has 0 saturated heterocycles. The molecule has 1 aromatic rings. The second kappa shape index (κ2) is 4.84. The lowest BCUT2D eigenvalue weighted by atomic mass is 9.99. The zero-order valence-corrected chi connectivity index (χ0v) is 9.62. The predicted octanol–water partition coefficient (Wildman–Crippen LogP) is 1.99. The maximum absolute atomic E-state index is 9.78. The highest BCUT2D eigenvalue weighted by atomic mass is 35.5. The number of phenols is 1. The Morgan fingerprint density at radius 2 is 2.07 bits per heavy atom. The number of aliphatic hydroxyl groups excluding tert-OH is 1. The molecule has 1 rings (SSSR count). The summed E-state index contributed by atoms with van der Waals surface area (Å²) in [5.74, 6) is -0.0846. The molecule has 15 heavy (non-hydrogen) atoms. The lowest BCUT2D eigenvalue weighted by Gasteiger charge is -2.17. The van der Waals surface area contributed by atoms with Gasteiger partial charge in [-0.05, 0) is 31.0 Å². The number of phenolic OH excluding ortho intramolecular Hbond substituents is 1. The highest BCUT2D eigenvalue weighted by Gasteiger charge is 2.18. The molecule has 0 aliphatic carbocycles. The van der Waals surface area contributed by atoms with Crippen LogP contribution in [-0.4, -0.2) is 16.3 Å². The average Bonchev–Trinajstić information content (AvgIpc) is 2.20. The normalized spacial score (nSPS) is 15.0. The Hall–Kier alpha value is -0.770. The number of aromatic hydroxyl groups is 1. The minimum absolute atomic E-state index is 0.0846. The van der Waals surface area contributed by atoms with Crippen LogP contribution >= 0.6 is 11.6 Å². The van der Waals surface area contributed by atoms with E-state index < -0.39 is 12.1 Å². The lowest BCUT2D eigenvalue weighted by molar-refractivity contribution is 0.150. The van der Waals surface area contributed by atoms with E-state index in [-0.39, 0.29) is 10.8 Å². The lowest BCUT2D eigenvalue weighted by Crippen LogP contribution is -2.24. The minimum atomic E-state index is -0.894. The summed E-state index contributed by atoms with van der Waals surface area (Å²) < 4.78 is 0. The van der Waals surface area contributed by atoms with Crippen molar-refractivity contribution in [3.05, 3.63) is 28.3 Å². The first-order valence-electron chi connectivity index (χ1n) is 4.92. The third kappa shape index (κ3) is 2.62. The molecule has 0 aliphatic heterocycles. The Bertz CT molecular complexity index is 353. The Morgan fingerprint density at radius 1 is 1.47 bits per heavy atom. The van der Waals surface area contributed by atoms with Crippen LogP contribution in [0.5, 0.6) is 5.75 Å². The van der Waals surface area contributed by atoms with Crippen molar-refractivity contribution < 1.29 is 10.2 Å². The van der Waals surface area contributed by atoms with Crippen molar-refractivity contribution in [3.63, 3.8) is 0 Å². The first-order chi connectivity index (χ1) is 6.97. The van der Waals surface area contributed by atoms with Gasteiger partial charge in [-0.15, -0.1) is 0 Å². The first-order valence-corrected chi connectivity index (χ1v) is 5.30. The van der Waals surface area contributed by atoms with E-state index in [2.05, 4.69) is 0 Å². The van der Waals surface area contributed by atoms with Gasteiger partial charge in [-0.2, -0.15) is 0 Å². The molecule has 84 valence electrons. The van der Waals surface area contributed by atoms with Crippen molar-refractivity contribution in [1.82, 2.24) is 0 Å². The molecule has 4 heteroatoms. The maximum Gasteiger partial charge on any atom is 0.140 e. The van der Waals surface area contributed by atoms with Gasteiger partial charge in [0.1, 0.15) is 5.75 Å². The second-order valence-electron chi connectivity index (χ2n) is 3.67. The number of hydrogen-bond acceptors (Lipinski definition) is 3. The second-order valence-corrected chi connectivity index (χ2v) is 4.08. The summed E-state index contributed by atoms with van der Waals surface area (Å²) in [7, 11) is 0. The molecule has 4 N–H and O–H groups in total. The highest BCUT2D eigenvalue weighted by Crippen LogP contribution is 2.34. The molecule has 0 radical (unpaired) electrons. The van der Waals surface area contributed by atoms with Crippen LogP contribution in [0.4, 0.5) is 0 Å². The van der Waals surface area contributed by atoms with Gasteiger partial charge < -0.3 is 15.9 Å². The van der Waals surface area contributed by atoms with E-state index in [1.165, 1.54) is 0 Å². The van der Waals surface area contributed by atoms with Crippen LogP contribution in [0.2, 0.25) is 5.02 Å². The third-order valence-corrected chi connectivity index (χ3v) is 2.67. The predicted molar refractivity (Wildman–Crippen MR) is 61.1 cm³/mol. The fourth-order valence-corrected chi connectivity index (χ4v) is 1.64. The van der Waals surface area contributed by atoms with Crippen LogP contribution in [-0.2, 0) is 6.42 Å². The van der Waals surface area contributed by atoms with Crippen molar-refractivity contribution in [3.8, 4) is 5.75 Å². The van der Waals surface area contributed by atoms with Crippen molar-refractivity contribution >= 4 is 11.6 Å².